The molecule has 1 aromatic carbocycles. The fraction of sp³-hybridized carbons (Fsp3) is 0.455. The minimum Gasteiger partial charge on any atom is -0.496 e. The predicted octanol–water partition coefficient (Wildman–Crippen LogP) is 2.03. The average molecular weight is 222 g/mol. The van der Waals surface area contributed by atoms with E-state index >= 15 is 0 Å². The molecule has 1 N–H and O–H groups in total. The Bertz CT molecular complexity index is 400. The van der Waals surface area contributed by atoms with E-state index in [-0.39, 0.29) is 16.7 Å². The number of hydrogen-bond acceptors (Lipinski definition) is 4. The van der Waals surface area contributed by atoms with Crippen LogP contribution in [0.2, 0.25) is 0 Å². The fourth-order valence-corrected chi connectivity index (χ4v) is 2.06. The Morgan fingerprint density at radius 3 is 2.94 bits per heavy atom. The van der Waals surface area contributed by atoms with Gasteiger partial charge >= 0.3 is 0 Å². The first-order valence-electron chi connectivity index (χ1n) is 5.28. The lowest BCUT2D eigenvalue weighted by Crippen LogP contribution is -2.14. The van der Waals surface area contributed by atoms with Gasteiger partial charge in [0.1, 0.15) is 5.75 Å². The largest absolute Gasteiger partial charge is 0.496 e. The normalized spacial score (nSPS) is 19.7. The molecule has 1 saturated heterocycles. The van der Waals surface area contributed by atoms with E-state index < -0.39 is 0 Å². The van der Waals surface area contributed by atoms with Gasteiger partial charge in [0.15, 0.2) is 0 Å². The summed E-state index contributed by atoms with van der Waals surface area (Å²) in [5, 5.41) is 14.0. The van der Waals surface area contributed by atoms with Crippen molar-refractivity contribution in [3.8, 4) is 5.75 Å². The molecule has 1 aliphatic heterocycles. The van der Waals surface area contributed by atoms with Crippen molar-refractivity contribution in [2.75, 3.05) is 13.7 Å². The van der Waals surface area contributed by atoms with Crippen molar-refractivity contribution >= 4 is 5.69 Å². The third kappa shape index (κ3) is 1.99. The van der Waals surface area contributed by atoms with Gasteiger partial charge in [0.25, 0.3) is 5.69 Å². The third-order valence-electron chi connectivity index (χ3n) is 2.86. The number of nitrogens with one attached hydrogen (secondary N) is 1. The Morgan fingerprint density at radius 1 is 1.56 bits per heavy atom. The maximum absolute atomic E-state index is 10.7. The van der Waals surface area contributed by atoms with Crippen molar-refractivity contribution in [2.45, 2.75) is 18.9 Å². The van der Waals surface area contributed by atoms with Crippen LogP contribution in [0.15, 0.2) is 18.2 Å². The second kappa shape index (κ2) is 4.49. The van der Waals surface area contributed by atoms with Gasteiger partial charge in [-0.3, -0.25) is 10.1 Å². The number of methoxy groups -OCH3 is 1. The Labute approximate surface area is 93.6 Å². The van der Waals surface area contributed by atoms with Crippen molar-refractivity contribution in [1.82, 2.24) is 5.32 Å². The van der Waals surface area contributed by atoms with Crippen LogP contribution in [0.5, 0.6) is 5.75 Å². The summed E-state index contributed by atoms with van der Waals surface area (Å²) in [7, 11) is 1.58. The van der Waals surface area contributed by atoms with Gasteiger partial charge in [-0.15, -0.1) is 0 Å². The first-order valence-corrected chi connectivity index (χ1v) is 5.28. The molecule has 0 spiro atoms. The van der Waals surface area contributed by atoms with Crippen molar-refractivity contribution in [3.63, 3.8) is 0 Å². The molecular weight excluding hydrogens is 208 g/mol. The van der Waals surface area contributed by atoms with Gasteiger partial charge in [0.2, 0.25) is 0 Å². The molecular formula is C11H14N2O3. The summed E-state index contributed by atoms with van der Waals surface area (Å²) in [5.74, 6) is 0.713. The second-order valence-electron chi connectivity index (χ2n) is 3.83. The summed E-state index contributed by atoms with van der Waals surface area (Å²) >= 11 is 0. The lowest BCUT2D eigenvalue weighted by atomic mass is 10.0. The quantitative estimate of drug-likeness (QED) is 0.627. The van der Waals surface area contributed by atoms with Crippen LogP contribution in [0.25, 0.3) is 0 Å². The van der Waals surface area contributed by atoms with Gasteiger partial charge in [-0.2, -0.15) is 0 Å². The van der Waals surface area contributed by atoms with Crippen LogP contribution in [0.1, 0.15) is 24.4 Å². The zero-order valence-electron chi connectivity index (χ0n) is 9.10. The van der Waals surface area contributed by atoms with E-state index in [1.165, 1.54) is 6.07 Å². The minimum absolute atomic E-state index is 0.115. The lowest BCUT2D eigenvalue weighted by molar-refractivity contribution is -0.385. The molecule has 1 heterocycles. The molecule has 5 heteroatoms. The minimum atomic E-state index is -0.377. The van der Waals surface area contributed by atoms with Gasteiger partial charge in [-0.05, 0) is 25.5 Å². The maximum atomic E-state index is 10.7. The molecule has 1 aliphatic rings. The Kier molecular flexibility index (Phi) is 3.05. The van der Waals surface area contributed by atoms with Crippen LogP contribution in [0.4, 0.5) is 5.69 Å². The van der Waals surface area contributed by atoms with Crippen LogP contribution in [0.3, 0.4) is 0 Å². The Morgan fingerprint density at radius 2 is 2.38 bits per heavy atom. The van der Waals surface area contributed by atoms with E-state index in [4.69, 9.17) is 4.74 Å². The smallest absolute Gasteiger partial charge is 0.270 e. The number of nitro groups is 1. The summed E-state index contributed by atoms with van der Waals surface area (Å²) < 4.78 is 5.23. The van der Waals surface area contributed by atoms with Crippen LogP contribution in [0, 0.1) is 10.1 Å². The predicted molar refractivity (Wildman–Crippen MR) is 59.6 cm³/mol. The van der Waals surface area contributed by atoms with Crippen molar-refractivity contribution in [3.05, 3.63) is 33.9 Å². The van der Waals surface area contributed by atoms with Crippen LogP contribution >= 0.6 is 0 Å². The van der Waals surface area contributed by atoms with Gasteiger partial charge in [-0.1, -0.05) is 0 Å². The van der Waals surface area contributed by atoms with E-state index in [2.05, 4.69) is 5.32 Å². The highest BCUT2D eigenvalue weighted by molar-refractivity contribution is 5.45. The van der Waals surface area contributed by atoms with Crippen molar-refractivity contribution in [2.24, 2.45) is 0 Å². The summed E-state index contributed by atoms with van der Waals surface area (Å²) in [5.41, 5.74) is 0.999. The van der Waals surface area contributed by atoms with Gasteiger partial charge in [0.05, 0.1) is 12.0 Å². The fourth-order valence-electron chi connectivity index (χ4n) is 2.06. The molecule has 2 rings (SSSR count). The molecule has 1 unspecified atom stereocenters. The highest BCUT2D eigenvalue weighted by Crippen LogP contribution is 2.33. The SMILES string of the molecule is COc1ccc([N+](=O)[O-])cc1C1CCCN1. The van der Waals surface area contributed by atoms with E-state index in [1.54, 1.807) is 19.2 Å². The lowest BCUT2D eigenvalue weighted by Gasteiger charge is -2.14. The highest BCUT2D eigenvalue weighted by Gasteiger charge is 2.22. The zero-order chi connectivity index (χ0) is 11.5. The molecule has 16 heavy (non-hydrogen) atoms. The molecule has 0 radical (unpaired) electrons. The maximum Gasteiger partial charge on any atom is 0.270 e. The summed E-state index contributed by atoms with van der Waals surface area (Å²) in [6.07, 6.45) is 2.09. The van der Waals surface area contributed by atoms with Crippen LogP contribution in [-0.4, -0.2) is 18.6 Å². The molecule has 1 fully saturated rings. The molecule has 0 aliphatic carbocycles. The molecule has 0 bridgehead atoms. The average Bonchev–Trinajstić information content (AvgIpc) is 2.81. The monoisotopic (exact) mass is 222 g/mol. The molecule has 1 aromatic rings. The first-order chi connectivity index (χ1) is 7.72. The number of non-ortho nitro benzene ring substituents is 1. The Hall–Kier alpha value is -1.62. The highest BCUT2D eigenvalue weighted by atomic mass is 16.6. The summed E-state index contributed by atoms with van der Waals surface area (Å²) in [4.78, 5) is 10.3. The Balaban J connectivity index is 2.38. The number of ether oxygens (including phenoxy) is 1. The van der Waals surface area contributed by atoms with Crippen molar-refractivity contribution in [1.29, 1.82) is 0 Å². The van der Waals surface area contributed by atoms with Gasteiger partial charge < -0.3 is 10.1 Å². The zero-order valence-corrected chi connectivity index (χ0v) is 9.10. The number of rotatable bonds is 3. The molecule has 0 saturated carbocycles. The summed E-state index contributed by atoms with van der Waals surface area (Å²) in [6, 6.07) is 4.90. The van der Waals surface area contributed by atoms with E-state index in [1.807, 2.05) is 0 Å². The van der Waals surface area contributed by atoms with E-state index in [0.717, 1.165) is 24.9 Å². The molecule has 86 valence electrons. The molecule has 1 atom stereocenters. The number of benzene rings is 1. The number of nitrogens with zero attached hydrogens (tertiary/aromatic N) is 1. The molecule has 0 aromatic heterocycles. The molecule has 5 nitrogen and oxygen atoms in total. The topological polar surface area (TPSA) is 64.4 Å². The second-order valence-corrected chi connectivity index (χ2v) is 3.83. The van der Waals surface area contributed by atoms with Gasteiger partial charge in [-0.25, -0.2) is 0 Å². The first kappa shape index (κ1) is 10.9. The molecule has 0 amide bonds. The van der Waals surface area contributed by atoms with E-state index in [9.17, 15) is 10.1 Å². The summed E-state index contributed by atoms with van der Waals surface area (Å²) in [6.45, 7) is 0.955. The van der Waals surface area contributed by atoms with Crippen LogP contribution < -0.4 is 10.1 Å². The van der Waals surface area contributed by atoms with E-state index in [0.29, 0.717) is 5.75 Å². The van der Waals surface area contributed by atoms with Crippen molar-refractivity contribution < 1.29 is 9.66 Å². The number of nitro benzene ring substituents is 1. The van der Waals surface area contributed by atoms with Gasteiger partial charge in [0, 0.05) is 23.7 Å². The third-order valence-corrected chi connectivity index (χ3v) is 2.86. The standard InChI is InChI=1S/C11H14N2O3/c1-16-11-5-4-8(13(14)15)7-9(11)10-3-2-6-12-10/h4-5,7,10,12H,2-3,6H2,1H3. The van der Waals surface area contributed by atoms with Crippen LogP contribution in [-0.2, 0) is 0 Å². The number of hydrogen-bond donors (Lipinski definition) is 1.